The van der Waals surface area contributed by atoms with Gasteiger partial charge in [0.15, 0.2) is 0 Å². The molecule has 3 unspecified atom stereocenters. The van der Waals surface area contributed by atoms with Gasteiger partial charge in [0.25, 0.3) is 0 Å². The fourth-order valence-corrected chi connectivity index (χ4v) is 7.81. The predicted octanol–water partition coefficient (Wildman–Crippen LogP) is 14.4. The Balaban J connectivity index is 3.58. The Morgan fingerprint density at radius 1 is 0.444 bits per heavy atom. The second-order valence-electron chi connectivity index (χ2n) is 17.0. The Kier molecular flexibility index (Phi) is 44.0. The van der Waals surface area contributed by atoms with E-state index >= 15 is 0 Å². The molecule has 5 heteroatoms. The number of hydrogen-bond donors (Lipinski definition) is 4. The Morgan fingerprint density at radius 2 is 0.741 bits per heavy atom. The van der Waals surface area contributed by atoms with Crippen molar-refractivity contribution in [1.82, 2.24) is 5.32 Å². The maximum atomic E-state index is 12.5. The van der Waals surface area contributed by atoms with Gasteiger partial charge in [0, 0.05) is 6.42 Å². The maximum Gasteiger partial charge on any atom is 0.220 e. The normalized spacial score (nSPS) is 13.5. The Hall–Kier alpha value is -0.910. The lowest BCUT2D eigenvalue weighted by atomic mass is 9.99. The van der Waals surface area contributed by atoms with E-state index in [2.05, 4.69) is 31.3 Å². The third-order valence-corrected chi connectivity index (χ3v) is 11.6. The molecule has 0 radical (unpaired) electrons. The van der Waals surface area contributed by atoms with Gasteiger partial charge >= 0.3 is 0 Å². The molecule has 0 aliphatic carbocycles. The SMILES string of the molecule is CCCCCCCCCCCCC/C=C\CCCCCCCCCC(=O)NC(CO)C(O)C(O)CCCCCCCCCCCCCCCCCCCC. The van der Waals surface area contributed by atoms with Crippen molar-refractivity contribution in [2.45, 2.75) is 289 Å². The summed E-state index contributed by atoms with van der Waals surface area (Å²) in [7, 11) is 0. The summed E-state index contributed by atoms with van der Waals surface area (Å²) in [5, 5.41) is 33.7. The third kappa shape index (κ3) is 39.3. The van der Waals surface area contributed by atoms with Crippen LogP contribution in [0, 0.1) is 0 Å². The lowest BCUT2D eigenvalue weighted by Crippen LogP contribution is -2.50. The minimum Gasteiger partial charge on any atom is -0.394 e. The minimum atomic E-state index is -1.14. The van der Waals surface area contributed by atoms with E-state index in [1.54, 1.807) is 0 Å². The van der Waals surface area contributed by atoms with E-state index in [9.17, 15) is 20.1 Å². The number of carbonyl (C=O) groups is 1. The van der Waals surface area contributed by atoms with Gasteiger partial charge in [0.1, 0.15) is 6.10 Å². The lowest BCUT2D eigenvalue weighted by Gasteiger charge is -2.26. The summed E-state index contributed by atoms with van der Waals surface area (Å²) in [6, 6.07) is -0.809. The summed E-state index contributed by atoms with van der Waals surface area (Å²) in [5.41, 5.74) is 0. The number of rotatable bonds is 45. The van der Waals surface area contributed by atoms with Crippen LogP contribution in [0.25, 0.3) is 0 Å². The zero-order valence-electron chi connectivity index (χ0n) is 36.6. The summed E-state index contributed by atoms with van der Waals surface area (Å²) in [6.45, 7) is 4.20. The lowest BCUT2D eigenvalue weighted by molar-refractivity contribution is -0.124. The van der Waals surface area contributed by atoms with Gasteiger partial charge in [-0.1, -0.05) is 238 Å². The van der Waals surface area contributed by atoms with Crippen molar-refractivity contribution in [3.63, 3.8) is 0 Å². The number of carbonyl (C=O) groups excluding carboxylic acids is 1. The summed E-state index contributed by atoms with van der Waals surface area (Å²) < 4.78 is 0. The molecule has 0 aliphatic heterocycles. The molecule has 0 aromatic rings. The van der Waals surface area contributed by atoms with Gasteiger partial charge < -0.3 is 20.6 Å². The first-order valence-corrected chi connectivity index (χ1v) is 24.5. The van der Waals surface area contributed by atoms with Crippen molar-refractivity contribution < 1.29 is 20.1 Å². The highest BCUT2D eigenvalue weighted by molar-refractivity contribution is 5.76. The highest BCUT2D eigenvalue weighted by Gasteiger charge is 2.26. The predicted molar refractivity (Wildman–Crippen MR) is 236 cm³/mol. The van der Waals surface area contributed by atoms with Crippen LogP contribution < -0.4 is 5.32 Å². The second kappa shape index (κ2) is 44.8. The summed E-state index contributed by atoms with van der Waals surface area (Å²) in [4.78, 5) is 12.5. The van der Waals surface area contributed by atoms with Crippen LogP contribution in [-0.2, 0) is 4.79 Å². The largest absolute Gasteiger partial charge is 0.394 e. The van der Waals surface area contributed by atoms with E-state index in [-0.39, 0.29) is 12.5 Å². The summed E-state index contributed by atoms with van der Waals surface area (Å²) in [5.74, 6) is -0.145. The fourth-order valence-electron chi connectivity index (χ4n) is 7.81. The standard InChI is InChI=1S/C49H97NO4/c1-3-5-7-9-11-13-15-17-19-21-23-24-25-26-28-30-32-34-36-38-40-42-44-48(53)50-46(45-51)49(54)47(52)43-41-39-37-35-33-31-29-27-22-20-18-16-14-12-10-8-6-4-2/h25-26,46-47,49,51-52,54H,3-24,27-45H2,1-2H3,(H,50,53)/b26-25-. The number of hydrogen-bond acceptors (Lipinski definition) is 4. The number of amides is 1. The van der Waals surface area contributed by atoms with Gasteiger partial charge in [0.05, 0.1) is 18.8 Å². The van der Waals surface area contributed by atoms with Crippen LogP contribution in [0.5, 0.6) is 0 Å². The first-order valence-electron chi connectivity index (χ1n) is 24.5. The van der Waals surface area contributed by atoms with Crippen molar-refractivity contribution >= 4 is 5.91 Å². The summed E-state index contributed by atoms with van der Waals surface area (Å²) in [6.07, 6.45) is 53.3. The molecule has 0 fully saturated rings. The van der Waals surface area contributed by atoms with E-state index in [0.717, 1.165) is 38.5 Å². The molecule has 0 aliphatic rings. The molecule has 0 spiro atoms. The maximum absolute atomic E-state index is 12.5. The second-order valence-corrected chi connectivity index (χ2v) is 17.0. The monoisotopic (exact) mass is 764 g/mol. The van der Waals surface area contributed by atoms with Crippen LogP contribution in [0.3, 0.4) is 0 Å². The average Bonchev–Trinajstić information content (AvgIpc) is 3.18. The van der Waals surface area contributed by atoms with Gasteiger partial charge in [-0.2, -0.15) is 0 Å². The van der Waals surface area contributed by atoms with E-state index < -0.39 is 18.2 Å². The molecule has 0 saturated heterocycles. The molecule has 1 amide bonds. The van der Waals surface area contributed by atoms with Crippen molar-refractivity contribution in [3.05, 3.63) is 12.2 Å². The van der Waals surface area contributed by atoms with Crippen LogP contribution in [0.2, 0.25) is 0 Å². The van der Waals surface area contributed by atoms with Gasteiger partial charge in [-0.15, -0.1) is 0 Å². The Labute approximate surface area is 338 Å². The van der Waals surface area contributed by atoms with Gasteiger partial charge in [-0.25, -0.2) is 0 Å². The zero-order valence-corrected chi connectivity index (χ0v) is 36.6. The average molecular weight is 764 g/mol. The Morgan fingerprint density at radius 3 is 1.07 bits per heavy atom. The molecule has 0 bridgehead atoms. The molecular formula is C49H97NO4. The minimum absolute atomic E-state index is 0.145. The number of aliphatic hydroxyl groups is 3. The quantitative estimate of drug-likeness (QED) is 0.0367. The van der Waals surface area contributed by atoms with Crippen LogP contribution in [0.15, 0.2) is 12.2 Å². The number of nitrogens with one attached hydrogen (secondary N) is 1. The molecule has 3 atom stereocenters. The highest BCUT2D eigenvalue weighted by atomic mass is 16.3. The molecular weight excluding hydrogens is 667 g/mol. The van der Waals surface area contributed by atoms with E-state index in [1.807, 2.05) is 0 Å². The molecule has 54 heavy (non-hydrogen) atoms. The summed E-state index contributed by atoms with van der Waals surface area (Å²) >= 11 is 0. The smallest absolute Gasteiger partial charge is 0.220 e. The van der Waals surface area contributed by atoms with Crippen LogP contribution in [-0.4, -0.2) is 46.1 Å². The van der Waals surface area contributed by atoms with E-state index in [0.29, 0.717) is 12.8 Å². The van der Waals surface area contributed by atoms with Gasteiger partial charge in [-0.05, 0) is 38.5 Å². The van der Waals surface area contributed by atoms with Crippen LogP contribution in [0.1, 0.15) is 271 Å². The molecule has 0 aromatic heterocycles. The third-order valence-electron chi connectivity index (χ3n) is 11.6. The van der Waals surface area contributed by atoms with Gasteiger partial charge in [0.2, 0.25) is 5.91 Å². The zero-order chi connectivity index (χ0) is 39.4. The molecule has 0 saturated carbocycles. The molecule has 5 nitrogen and oxygen atoms in total. The van der Waals surface area contributed by atoms with Crippen molar-refractivity contribution in [2.24, 2.45) is 0 Å². The fraction of sp³-hybridized carbons (Fsp3) is 0.939. The van der Waals surface area contributed by atoms with E-state index in [4.69, 9.17) is 0 Å². The molecule has 4 N–H and O–H groups in total. The molecule has 322 valence electrons. The number of aliphatic hydroxyl groups excluding tert-OH is 3. The van der Waals surface area contributed by atoms with Crippen molar-refractivity contribution in [1.29, 1.82) is 0 Å². The van der Waals surface area contributed by atoms with Gasteiger partial charge in [-0.3, -0.25) is 4.79 Å². The molecule has 0 aromatic carbocycles. The van der Waals surface area contributed by atoms with Crippen LogP contribution in [0.4, 0.5) is 0 Å². The number of unbranched alkanes of at least 4 members (excludes halogenated alkanes) is 35. The highest BCUT2D eigenvalue weighted by Crippen LogP contribution is 2.17. The molecule has 0 heterocycles. The van der Waals surface area contributed by atoms with Crippen molar-refractivity contribution in [2.75, 3.05) is 6.61 Å². The first-order chi connectivity index (χ1) is 26.6. The topological polar surface area (TPSA) is 89.8 Å². The Bertz CT molecular complexity index is 758. The first kappa shape index (κ1) is 53.1. The van der Waals surface area contributed by atoms with Crippen LogP contribution >= 0.6 is 0 Å². The van der Waals surface area contributed by atoms with Crippen molar-refractivity contribution in [3.8, 4) is 0 Å². The van der Waals surface area contributed by atoms with E-state index in [1.165, 1.54) is 205 Å². The molecule has 0 rings (SSSR count). The number of allylic oxidation sites excluding steroid dienone is 2.